The Bertz CT molecular complexity index is 2000. The maximum atomic E-state index is 2.40. The monoisotopic (exact) mass is 488 g/mol. The number of aryl methyl sites for hydroxylation is 1. The van der Waals surface area contributed by atoms with E-state index in [4.69, 9.17) is 0 Å². The first-order valence-electron chi connectivity index (χ1n) is 13.0. The van der Waals surface area contributed by atoms with Gasteiger partial charge >= 0.3 is 0 Å². The quantitative estimate of drug-likeness (QED) is 0.212. The summed E-state index contributed by atoms with van der Waals surface area (Å²) < 4.78 is 1.39. The van der Waals surface area contributed by atoms with Crippen molar-refractivity contribution in [3.63, 3.8) is 0 Å². The van der Waals surface area contributed by atoms with Gasteiger partial charge in [0, 0.05) is 9.58 Å². The van der Waals surface area contributed by atoms with Crippen molar-refractivity contribution in [3.8, 4) is 22.3 Å². The summed E-state index contributed by atoms with van der Waals surface area (Å²) in [5.74, 6) is 0. The van der Waals surface area contributed by atoms with Crippen molar-refractivity contribution in [2.75, 3.05) is 0 Å². The number of rotatable bonds is 2. The molecule has 6 aromatic carbocycles. The van der Waals surface area contributed by atoms with Crippen molar-refractivity contribution < 1.29 is 0 Å². The number of benzene rings is 6. The van der Waals surface area contributed by atoms with E-state index in [1.54, 1.807) is 0 Å². The summed E-state index contributed by atoms with van der Waals surface area (Å²) in [7, 11) is 0. The van der Waals surface area contributed by atoms with E-state index in [1.165, 1.54) is 75.1 Å². The molecule has 0 N–H and O–H groups in total. The molecule has 1 heterocycles. The van der Waals surface area contributed by atoms with Gasteiger partial charge in [-0.15, -0.1) is 11.3 Å². The molecule has 0 bridgehead atoms. The van der Waals surface area contributed by atoms with E-state index in [0.717, 1.165) is 12.8 Å². The van der Waals surface area contributed by atoms with E-state index in [9.17, 15) is 0 Å². The predicted octanol–water partition coefficient (Wildman–Crippen LogP) is 10.7. The van der Waals surface area contributed by atoms with Crippen LogP contribution in [0.2, 0.25) is 0 Å². The maximum Gasteiger partial charge on any atom is 0.0358 e. The van der Waals surface area contributed by atoms with Gasteiger partial charge in [-0.3, -0.25) is 0 Å². The lowest BCUT2D eigenvalue weighted by Gasteiger charge is -2.14. The van der Waals surface area contributed by atoms with E-state index >= 15 is 0 Å². The summed E-state index contributed by atoms with van der Waals surface area (Å²) in [6.07, 6.45) is 6.91. The molecule has 0 unspecified atom stereocenters. The lowest BCUT2D eigenvalue weighted by molar-refractivity contribution is 1.01. The van der Waals surface area contributed by atoms with Gasteiger partial charge in [-0.05, 0) is 96.6 Å². The second kappa shape index (κ2) is 8.16. The summed E-state index contributed by atoms with van der Waals surface area (Å²) in [5, 5.41) is 9.32. The summed E-state index contributed by atoms with van der Waals surface area (Å²) in [5.41, 5.74) is 6.64. The van der Waals surface area contributed by atoms with Crippen LogP contribution in [0.25, 0.3) is 70.7 Å². The van der Waals surface area contributed by atoms with Crippen molar-refractivity contribution in [2.45, 2.75) is 12.8 Å². The topological polar surface area (TPSA) is 0 Å². The molecule has 0 aliphatic heterocycles. The zero-order valence-electron chi connectivity index (χ0n) is 20.4. The fourth-order valence-corrected chi connectivity index (χ4v) is 7.43. The van der Waals surface area contributed by atoms with Crippen LogP contribution in [-0.2, 0) is 6.42 Å². The van der Waals surface area contributed by atoms with Crippen molar-refractivity contribution in [1.82, 2.24) is 0 Å². The number of allylic oxidation sites excluding steroid dienone is 1. The molecule has 0 spiro atoms. The highest BCUT2D eigenvalue weighted by Crippen LogP contribution is 2.41. The van der Waals surface area contributed by atoms with Crippen LogP contribution in [0.4, 0.5) is 0 Å². The largest absolute Gasteiger partial charge is 0.136 e. The third kappa shape index (κ3) is 3.21. The van der Waals surface area contributed by atoms with Crippen molar-refractivity contribution >= 4 is 59.8 Å². The predicted molar refractivity (Wildman–Crippen MR) is 163 cm³/mol. The number of thiophene rings is 1. The van der Waals surface area contributed by atoms with Crippen LogP contribution in [0.1, 0.15) is 16.9 Å². The fraction of sp³-hybridized carbons (Fsp3) is 0.0556. The summed E-state index contributed by atoms with van der Waals surface area (Å²) >= 11 is 1.93. The Kier molecular flexibility index (Phi) is 4.62. The van der Waals surface area contributed by atoms with Crippen LogP contribution in [0.5, 0.6) is 0 Å². The standard InChI is InChI=1S/C36H24S/c1-2-10-26(24-18-20-33-32-15-7-8-16-35(32)37-36(33)22-24)25(9-1)23-17-19-31-29-13-4-3-11-27(29)28-12-5-6-14-30(28)34(31)21-23/h1-6,8-14,16-22H,7,15H2. The normalized spacial score (nSPS) is 13.1. The second-order valence-corrected chi connectivity index (χ2v) is 11.1. The van der Waals surface area contributed by atoms with Crippen LogP contribution in [0.15, 0.2) is 115 Å². The fourth-order valence-electron chi connectivity index (χ4n) is 6.21. The molecule has 7 aromatic rings. The smallest absolute Gasteiger partial charge is 0.0358 e. The molecule has 0 amide bonds. The van der Waals surface area contributed by atoms with E-state index in [2.05, 4.69) is 121 Å². The molecule has 0 saturated carbocycles. The molecule has 174 valence electrons. The number of fused-ring (bicyclic) bond motifs is 9. The minimum atomic E-state index is 1.15. The van der Waals surface area contributed by atoms with Gasteiger partial charge in [-0.1, -0.05) is 103 Å². The Balaban J connectivity index is 1.35. The lowest BCUT2D eigenvalue weighted by Crippen LogP contribution is -1.89. The first-order valence-corrected chi connectivity index (χ1v) is 13.8. The van der Waals surface area contributed by atoms with Gasteiger partial charge in [0.25, 0.3) is 0 Å². The molecular formula is C36H24S. The van der Waals surface area contributed by atoms with Gasteiger partial charge in [0.15, 0.2) is 0 Å². The molecule has 1 aliphatic carbocycles. The van der Waals surface area contributed by atoms with Gasteiger partial charge in [-0.25, -0.2) is 0 Å². The lowest BCUT2D eigenvalue weighted by atomic mass is 9.89. The average Bonchev–Trinajstić information content (AvgIpc) is 3.35. The Morgan fingerprint density at radius 3 is 1.70 bits per heavy atom. The van der Waals surface area contributed by atoms with Crippen LogP contribution in [0.3, 0.4) is 0 Å². The molecule has 37 heavy (non-hydrogen) atoms. The summed E-state index contributed by atoms with van der Waals surface area (Å²) in [4.78, 5) is 1.43. The molecule has 0 saturated heterocycles. The van der Waals surface area contributed by atoms with Gasteiger partial charge in [0.2, 0.25) is 0 Å². The highest BCUT2D eigenvalue weighted by atomic mass is 32.1. The highest BCUT2D eigenvalue weighted by molar-refractivity contribution is 7.20. The van der Waals surface area contributed by atoms with Crippen molar-refractivity contribution in [2.24, 2.45) is 0 Å². The Morgan fingerprint density at radius 1 is 0.486 bits per heavy atom. The minimum Gasteiger partial charge on any atom is -0.136 e. The van der Waals surface area contributed by atoms with E-state index in [1.807, 2.05) is 11.3 Å². The second-order valence-electron chi connectivity index (χ2n) is 9.99. The molecule has 0 fully saturated rings. The van der Waals surface area contributed by atoms with E-state index < -0.39 is 0 Å². The van der Waals surface area contributed by atoms with E-state index in [-0.39, 0.29) is 0 Å². The summed E-state index contributed by atoms with van der Waals surface area (Å²) in [6.45, 7) is 0. The molecule has 8 rings (SSSR count). The molecule has 1 aliphatic rings. The van der Waals surface area contributed by atoms with Gasteiger partial charge in [0.05, 0.1) is 0 Å². The van der Waals surface area contributed by atoms with Gasteiger partial charge < -0.3 is 0 Å². The van der Waals surface area contributed by atoms with Gasteiger partial charge in [-0.2, -0.15) is 0 Å². The molecule has 1 aromatic heterocycles. The average molecular weight is 489 g/mol. The van der Waals surface area contributed by atoms with Crippen LogP contribution >= 0.6 is 11.3 Å². The number of hydrogen-bond acceptors (Lipinski definition) is 1. The zero-order chi connectivity index (χ0) is 24.3. The third-order valence-corrected chi connectivity index (χ3v) is 9.11. The molecule has 1 heteroatoms. The Morgan fingerprint density at radius 2 is 1.03 bits per heavy atom. The molecular weight excluding hydrogens is 464 g/mol. The van der Waals surface area contributed by atoms with Crippen molar-refractivity contribution in [1.29, 1.82) is 0 Å². The SMILES string of the molecule is C1=Cc2sc3cc(-c4ccccc4-c4ccc5c6ccccc6c6ccccc6c5c4)ccc3c2CC1. The number of hydrogen-bond donors (Lipinski definition) is 0. The highest BCUT2D eigenvalue weighted by Gasteiger charge is 2.15. The molecule has 0 nitrogen and oxygen atoms in total. The first kappa shape index (κ1) is 20.9. The van der Waals surface area contributed by atoms with Gasteiger partial charge in [0.1, 0.15) is 0 Å². The molecule has 0 atom stereocenters. The minimum absolute atomic E-state index is 1.15. The summed E-state index contributed by atoms with van der Waals surface area (Å²) in [6, 6.07) is 40.5. The first-order chi connectivity index (χ1) is 18.3. The Labute approximate surface area is 220 Å². The maximum absolute atomic E-state index is 2.40. The van der Waals surface area contributed by atoms with Crippen LogP contribution < -0.4 is 0 Å². The van der Waals surface area contributed by atoms with E-state index in [0.29, 0.717) is 0 Å². The Hall–Kier alpha value is -4.20. The van der Waals surface area contributed by atoms with Crippen LogP contribution in [0, 0.1) is 0 Å². The zero-order valence-corrected chi connectivity index (χ0v) is 21.2. The molecule has 0 radical (unpaired) electrons. The van der Waals surface area contributed by atoms with Crippen LogP contribution in [-0.4, -0.2) is 0 Å². The van der Waals surface area contributed by atoms with Crippen molar-refractivity contribution in [3.05, 3.63) is 126 Å². The third-order valence-electron chi connectivity index (χ3n) is 7.95.